The Morgan fingerprint density at radius 3 is 1.68 bits per heavy atom. The van der Waals surface area contributed by atoms with E-state index in [9.17, 15) is 63.0 Å². The second kappa shape index (κ2) is 31.4. The van der Waals surface area contributed by atoms with Crippen LogP contribution in [-0.4, -0.2) is 171 Å². The van der Waals surface area contributed by atoms with Crippen molar-refractivity contribution in [1.82, 2.24) is 46.7 Å². The van der Waals surface area contributed by atoms with Gasteiger partial charge in [0.15, 0.2) is 0 Å². The lowest BCUT2D eigenvalue weighted by Gasteiger charge is -2.31. The molecule has 0 saturated carbocycles. The van der Waals surface area contributed by atoms with Crippen LogP contribution in [0.4, 0.5) is 0 Å². The van der Waals surface area contributed by atoms with Crippen LogP contribution in [0, 0.1) is 11.8 Å². The molecule has 438 valence electrons. The molecular weight excluding hydrogens is 1030 g/mol. The highest BCUT2D eigenvalue weighted by Gasteiger charge is 2.42. The number of para-hydroxylation sites is 1. The highest BCUT2D eigenvalue weighted by Crippen LogP contribution is 2.24. The van der Waals surface area contributed by atoms with Gasteiger partial charge in [0, 0.05) is 43.0 Å². The minimum atomic E-state index is -1.52. The molecule has 4 rings (SSSR count). The average Bonchev–Trinajstić information content (AvgIpc) is 4.21. The van der Waals surface area contributed by atoms with Gasteiger partial charge in [-0.1, -0.05) is 45.9 Å². The number of fused-ring (bicyclic) bond motifs is 1. The summed E-state index contributed by atoms with van der Waals surface area (Å²) in [6.07, 6.45) is 3.33. The maximum absolute atomic E-state index is 14.7. The Morgan fingerprint density at radius 1 is 0.646 bits per heavy atom. The van der Waals surface area contributed by atoms with Crippen molar-refractivity contribution in [1.29, 1.82) is 0 Å². The standard InChI is InChI=1S/C53H83N13O13/c1-29(2)25-39(53(78)79)63-49(74)41-18-12-24-66(41)52(77)38(26-31-28-58-34-14-6-5-13-32(31)34)62-46(71)37(19-20-42(57)67)59-45(70)35(15-7-9-21-54)61-50(75)44(30(3)4)64-47(72)36(16-8-10-22-55)60-48(73)40-17-11-23-65(40)51(76)33(56)27-43(68)69/h5-6,13-14,28-30,33,35-41,44,58H,7-12,15-27,54-56H2,1-4H3,(H2,57,67)(H,59,70)(H,60,73)(H,61,75)(H,62,71)(H,63,74)(H,64,72)(H,68,69)(H,78,79)/t33-,35-,36-,37-,38-,39-,40-,41-,44-/m0/s1. The summed E-state index contributed by atoms with van der Waals surface area (Å²) in [5, 5.41) is 35.9. The fraction of sp³-hybridized carbons (Fsp3) is 0.642. The molecule has 1 aromatic carbocycles. The van der Waals surface area contributed by atoms with Gasteiger partial charge in [-0.15, -0.1) is 0 Å². The molecule has 2 fully saturated rings. The number of primary amides is 1. The van der Waals surface area contributed by atoms with E-state index in [0.29, 0.717) is 44.1 Å². The molecule has 0 spiro atoms. The number of carbonyl (C=O) groups excluding carboxylic acids is 9. The van der Waals surface area contributed by atoms with E-state index in [4.69, 9.17) is 22.9 Å². The summed E-state index contributed by atoms with van der Waals surface area (Å²) < 4.78 is 0. The number of unbranched alkanes of at least 4 members (excludes halogenated alkanes) is 2. The van der Waals surface area contributed by atoms with Crippen LogP contribution in [0.15, 0.2) is 30.5 Å². The van der Waals surface area contributed by atoms with E-state index in [1.54, 1.807) is 26.1 Å². The smallest absolute Gasteiger partial charge is 0.326 e. The molecular formula is C53H83N13O13. The number of aromatic amines is 1. The first kappa shape index (κ1) is 64.3. The van der Waals surface area contributed by atoms with E-state index in [0.717, 1.165) is 10.9 Å². The van der Waals surface area contributed by atoms with Gasteiger partial charge in [0.2, 0.25) is 53.2 Å². The predicted octanol–water partition coefficient (Wildman–Crippen LogP) is -1.29. The maximum Gasteiger partial charge on any atom is 0.326 e. The summed E-state index contributed by atoms with van der Waals surface area (Å²) in [5.74, 6) is -10.0. The molecule has 0 unspecified atom stereocenters. The molecule has 9 atom stereocenters. The molecule has 0 bridgehead atoms. The van der Waals surface area contributed by atoms with Gasteiger partial charge < -0.3 is 79.8 Å². The van der Waals surface area contributed by atoms with Crippen LogP contribution in [0.5, 0.6) is 0 Å². The lowest BCUT2D eigenvalue weighted by atomic mass is 10.00. The van der Waals surface area contributed by atoms with Gasteiger partial charge in [-0.3, -0.25) is 47.9 Å². The Morgan fingerprint density at radius 2 is 1.15 bits per heavy atom. The van der Waals surface area contributed by atoms with Gasteiger partial charge in [-0.25, -0.2) is 4.79 Å². The number of nitrogens with two attached hydrogens (primary N) is 4. The van der Waals surface area contributed by atoms with E-state index < -0.39 is 138 Å². The fourth-order valence-corrected chi connectivity index (χ4v) is 9.92. The molecule has 2 aliphatic rings. The molecule has 3 heterocycles. The topological polar surface area (TPSA) is 427 Å². The number of carboxylic acids is 2. The highest BCUT2D eigenvalue weighted by molar-refractivity contribution is 5.99. The van der Waals surface area contributed by atoms with Gasteiger partial charge in [0.05, 0.1) is 12.5 Å². The third-order valence-corrected chi connectivity index (χ3v) is 14.1. The quantitative estimate of drug-likeness (QED) is 0.0370. The van der Waals surface area contributed by atoms with Gasteiger partial charge in [-0.2, -0.15) is 0 Å². The van der Waals surface area contributed by atoms with Crippen LogP contribution in [0.25, 0.3) is 10.9 Å². The average molecular weight is 1110 g/mol. The number of rotatable bonds is 33. The number of aromatic nitrogens is 1. The first-order chi connectivity index (χ1) is 37.5. The van der Waals surface area contributed by atoms with Crippen molar-refractivity contribution in [2.45, 2.75) is 178 Å². The lowest BCUT2D eigenvalue weighted by Crippen LogP contribution is -2.61. The Labute approximate surface area is 459 Å². The van der Waals surface area contributed by atoms with E-state index in [-0.39, 0.29) is 77.0 Å². The number of aliphatic carboxylic acids is 2. The van der Waals surface area contributed by atoms with Crippen LogP contribution in [0.3, 0.4) is 0 Å². The maximum atomic E-state index is 14.7. The van der Waals surface area contributed by atoms with Crippen molar-refractivity contribution in [3.05, 3.63) is 36.0 Å². The number of benzene rings is 1. The Balaban J connectivity index is 1.59. The Bertz CT molecular complexity index is 2470. The number of carboxylic acid groups (broad SMARTS) is 2. The number of amides is 9. The summed E-state index contributed by atoms with van der Waals surface area (Å²) >= 11 is 0. The minimum absolute atomic E-state index is 0.00217. The molecule has 9 amide bonds. The van der Waals surface area contributed by atoms with Crippen LogP contribution in [0.1, 0.15) is 123 Å². The summed E-state index contributed by atoms with van der Waals surface area (Å²) in [6.45, 7) is 7.69. The van der Waals surface area contributed by atoms with Crippen molar-refractivity contribution < 1.29 is 63.0 Å². The van der Waals surface area contributed by atoms with Gasteiger partial charge in [0.25, 0.3) is 0 Å². The monoisotopic (exact) mass is 1110 g/mol. The molecule has 17 N–H and O–H groups in total. The highest BCUT2D eigenvalue weighted by atomic mass is 16.4. The SMILES string of the molecule is CC(C)C[C@H](NC(=O)[C@@H]1CCCN1C(=O)[C@H](Cc1c[nH]c2ccccc12)NC(=O)[C@H](CCC(N)=O)NC(=O)[C@H](CCCCN)NC(=O)[C@@H](NC(=O)[C@H](CCCCN)NC(=O)[C@@H]1CCCN1C(=O)[C@@H](N)CC(=O)O)C(C)C)C(=O)O. The van der Waals surface area contributed by atoms with Crippen molar-refractivity contribution in [2.75, 3.05) is 26.2 Å². The number of carbonyl (C=O) groups is 11. The third-order valence-electron chi connectivity index (χ3n) is 14.1. The van der Waals surface area contributed by atoms with Crippen molar-refractivity contribution in [3.8, 4) is 0 Å². The Hall–Kier alpha value is -7.19. The molecule has 79 heavy (non-hydrogen) atoms. The summed E-state index contributed by atoms with van der Waals surface area (Å²) in [7, 11) is 0. The van der Waals surface area contributed by atoms with Gasteiger partial charge in [-0.05, 0) is 114 Å². The Kier molecular flexibility index (Phi) is 25.6. The zero-order chi connectivity index (χ0) is 58.5. The zero-order valence-electron chi connectivity index (χ0n) is 45.8. The normalized spacial score (nSPS) is 17.9. The zero-order valence-corrected chi connectivity index (χ0v) is 45.8. The molecule has 1 aromatic heterocycles. The number of likely N-dealkylation sites (tertiary alicyclic amines) is 2. The minimum Gasteiger partial charge on any atom is -0.481 e. The van der Waals surface area contributed by atoms with Crippen molar-refractivity contribution in [3.63, 3.8) is 0 Å². The molecule has 2 aliphatic heterocycles. The van der Waals surface area contributed by atoms with E-state index in [1.807, 2.05) is 32.0 Å². The summed E-state index contributed by atoms with van der Waals surface area (Å²) in [4.78, 5) is 154. The number of nitrogens with one attached hydrogen (secondary N) is 7. The summed E-state index contributed by atoms with van der Waals surface area (Å²) in [6, 6.07) is -4.19. The second-order valence-corrected chi connectivity index (χ2v) is 21.2. The molecule has 2 saturated heterocycles. The van der Waals surface area contributed by atoms with Gasteiger partial charge >= 0.3 is 11.9 Å². The fourth-order valence-electron chi connectivity index (χ4n) is 9.92. The molecule has 0 aliphatic carbocycles. The van der Waals surface area contributed by atoms with Crippen LogP contribution in [0.2, 0.25) is 0 Å². The molecule has 26 nitrogen and oxygen atoms in total. The van der Waals surface area contributed by atoms with E-state index in [2.05, 4.69) is 36.9 Å². The van der Waals surface area contributed by atoms with E-state index >= 15 is 0 Å². The first-order valence-electron chi connectivity index (χ1n) is 27.3. The number of H-pyrrole nitrogens is 1. The number of nitrogens with zero attached hydrogens (tertiary/aromatic N) is 2. The third kappa shape index (κ3) is 19.3. The summed E-state index contributed by atoms with van der Waals surface area (Å²) in [5.41, 5.74) is 24.3. The van der Waals surface area contributed by atoms with Crippen LogP contribution < -0.4 is 54.8 Å². The van der Waals surface area contributed by atoms with Crippen molar-refractivity contribution >= 4 is 76.0 Å². The first-order valence-corrected chi connectivity index (χ1v) is 27.3. The largest absolute Gasteiger partial charge is 0.481 e. The van der Waals surface area contributed by atoms with Crippen LogP contribution >= 0.6 is 0 Å². The van der Waals surface area contributed by atoms with Gasteiger partial charge in [0.1, 0.15) is 48.3 Å². The predicted molar refractivity (Wildman–Crippen MR) is 289 cm³/mol. The lowest BCUT2D eigenvalue weighted by molar-refractivity contribution is -0.145. The second-order valence-electron chi connectivity index (χ2n) is 21.2. The van der Waals surface area contributed by atoms with E-state index in [1.165, 1.54) is 9.80 Å². The molecule has 0 radical (unpaired) electrons. The molecule has 2 aromatic rings. The van der Waals surface area contributed by atoms with Crippen molar-refractivity contribution in [2.24, 2.45) is 34.8 Å². The number of hydrogen-bond acceptors (Lipinski definition) is 14. The van der Waals surface area contributed by atoms with Crippen LogP contribution in [-0.2, 0) is 59.2 Å². The molecule has 26 heteroatoms. The number of hydrogen-bond donors (Lipinski definition) is 13.